The molecule has 2 aromatic rings. The third-order valence-electron chi connectivity index (χ3n) is 2.83. The van der Waals surface area contributed by atoms with E-state index in [1.54, 1.807) is 37.3 Å². The molecular weight excluding hydrogens is 265 g/mol. The predicted octanol–water partition coefficient (Wildman–Crippen LogP) is 4.60. The van der Waals surface area contributed by atoms with Crippen LogP contribution in [0.4, 0.5) is 4.39 Å². The van der Waals surface area contributed by atoms with Gasteiger partial charge in [0.1, 0.15) is 17.3 Å². The van der Waals surface area contributed by atoms with E-state index in [-0.39, 0.29) is 5.82 Å². The first-order chi connectivity index (χ1) is 8.99. The van der Waals surface area contributed by atoms with E-state index in [0.29, 0.717) is 22.1 Å². The molecule has 100 valence electrons. The molecule has 0 radical (unpaired) electrons. The predicted molar refractivity (Wildman–Crippen MR) is 75.3 cm³/mol. The first-order valence-corrected chi connectivity index (χ1v) is 6.35. The summed E-state index contributed by atoms with van der Waals surface area (Å²) >= 11 is 5.96. The molecule has 0 aliphatic carbocycles. The van der Waals surface area contributed by atoms with Crippen molar-refractivity contribution < 1.29 is 9.13 Å². The van der Waals surface area contributed by atoms with Crippen LogP contribution >= 0.6 is 11.6 Å². The molecule has 0 bridgehead atoms. The zero-order chi connectivity index (χ0) is 14.0. The lowest BCUT2D eigenvalue weighted by atomic mass is 10.1. The van der Waals surface area contributed by atoms with Crippen LogP contribution in [0.3, 0.4) is 0 Å². The summed E-state index contributed by atoms with van der Waals surface area (Å²) in [6, 6.07) is 9.52. The Labute approximate surface area is 117 Å². The second kappa shape index (κ2) is 5.59. The zero-order valence-electron chi connectivity index (χ0n) is 10.8. The van der Waals surface area contributed by atoms with Gasteiger partial charge in [-0.25, -0.2) is 4.39 Å². The number of hydrogen-bond acceptors (Lipinski definition) is 2. The summed E-state index contributed by atoms with van der Waals surface area (Å²) in [7, 11) is 0. The molecule has 0 fully saturated rings. The Morgan fingerprint density at radius 1 is 1.26 bits per heavy atom. The molecule has 0 unspecified atom stereocenters. The highest BCUT2D eigenvalue weighted by atomic mass is 35.5. The molecule has 4 heteroatoms. The van der Waals surface area contributed by atoms with Gasteiger partial charge in [-0.2, -0.15) is 0 Å². The van der Waals surface area contributed by atoms with Crippen LogP contribution in [0.1, 0.15) is 24.1 Å². The highest BCUT2D eigenvalue weighted by Gasteiger charge is 2.14. The van der Waals surface area contributed by atoms with Gasteiger partial charge in [0.2, 0.25) is 0 Å². The van der Waals surface area contributed by atoms with Crippen LogP contribution in [0.5, 0.6) is 11.5 Å². The minimum Gasteiger partial charge on any atom is -0.457 e. The second-order valence-corrected chi connectivity index (χ2v) is 4.86. The van der Waals surface area contributed by atoms with Gasteiger partial charge in [0.05, 0.1) is 0 Å². The molecular formula is C15H15ClFNO. The van der Waals surface area contributed by atoms with Crippen LogP contribution < -0.4 is 10.5 Å². The van der Waals surface area contributed by atoms with E-state index in [1.807, 2.05) is 6.92 Å². The molecule has 0 aromatic heterocycles. The number of benzene rings is 2. The average Bonchev–Trinajstić information content (AvgIpc) is 2.33. The molecule has 2 N–H and O–H groups in total. The van der Waals surface area contributed by atoms with Crippen LogP contribution in [0, 0.1) is 12.7 Å². The number of halogens is 2. The largest absolute Gasteiger partial charge is 0.457 e. The van der Waals surface area contributed by atoms with Crippen LogP contribution in [0.2, 0.25) is 5.02 Å². The maximum atomic E-state index is 13.8. The highest BCUT2D eigenvalue weighted by molar-refractivity contribution is 6.31. The summed E-state index contributed by atoms with van der Waals surface area (Å²) in [5, 5.41) is 0.666. The van der Waals surface area contributed by atoms with E-state index in [2.05, 4.69) is 0 Å². The Hall–Kier alpha value is -1.58. The van der Waals surface area contributed by atoms with Gasteiger partial charge in [-0.15, -0.1) is 0 Å². The van der Waals surface area contributed by atoms with Crippen LogP contribution in [-0.4, -0.2) is 0 Å². The van der Waals surface area contributed by atoms with Gasteiger partial charge in [-0.05, 0) is 49.7 Å². The Morgan fingerprint density at radius 3 is 2.63 bits per heavy atom. The Kier molecular flexibility index (Phi) is 4.08. The third kappa shape index (κ3) is 3.06. The van der Waals surface area contributed by atoms with E-state index in [9.17, 15) is 4.39 Å². The Bertz CT molecular complexity index is 599. The molecule has 0 heterocycles. The summed E-state index contributed by atoms with van der Waals surface area (Å²) in [6.07, 6.45) is 0. The molecule has 0 spiro atoms. The van der Waals surface area contributed by atoms with E-state index >= 15 is 0 Å². The normalized spacial score (nSPS) is 12.3. The molecule has 2 nitrogen and oxygen atoms in total. The van der Waals surface area contributed by atoms with Crippen molar-refractivity contribution in [2.45, 2.75) is 19.9 Å². The van der Waals surface area contributed by atoms with Gasteiger partial charge in [-0.1, -0.05) is 17.7 Å². The molecule has 0 amide bonds. The maximum absolute atomic E-state index is 13.8. The van der Waals surface area contributed by atoms with Crippen molar-refractivity contribution in [1.82, 2.24) is 0 Å². The fraction of sp³-hybridized carbons (Fsp3) is 0.200. The molecule has 1 atom stereocenters. The zero-order valence-corrected chi connectivity index (χ0v) is 11.5. The standard InChI is InChI=1S/C15H15ClFNO/c1-9-8-11(6-7-12(9)16)19-14-5-3-4-13(17)15(14)10(2)18/h3-8,10H,18H2,1-2H3/t10-/m1/s1. The van der Waals surface area contributed by atoms with Gasteiger partial charge >= 0.3 is 0 Å². The van der Waals surface area contributed by atoms with Gasteiger partial charge in [0.25, 0.3) is 0 Å². The molecule has 0 saturated heterocycles. The summed E-state index contributed by atoms with van der Waals surface area (Å²) in [5.74, 6) is 0.671. The molecule has 2 rings (SSSR count). The van der Waals surface area contributed by atoms with Gasteiger partial charge in [-0.3, -0.25) is 0 Å². The first-order valence-electron chi connectivity index (χ1n) is 5.97. The van der Waals surface area contributed by atoms with Crippen molar-refractivity contribution in [1.29, 1.82) is 0 Å². The monoisotopic (exact) mass is 279 g/mol. The fourth-order valence-corrected chi connectivity index (χ4v) is 1.97. The van der Waals surface area contributed by atoms with E-state index in [0.717, 1.165) is 5.56 Å². The Morgan fingerprint density at radius 2 is 2.00 bits per heavy atom. The van der Waals surface area contributed by atoms with Gasteiger partial charge < -0.3 is 10.5 Å². The van der Waals surface area contributed by atoms with Crippen LogP contribution in [-0.2, 0) is 0 Å². The first kappa shape index (κ1) is 13.8. The SMILES string of the molecule is Cc1cc(Oc2cccc(F)c2[C@@H](C)N)ccc1Cl. The molecule has 0 saturated carbocycles. The van der Waals surface area contributed by atoms with Crippen molar-refractivity contribution in [3.05, 3.63) is 58.4 Å². The van der Waals surface area contributed by atoms with Gasteiger partial charge in [0.15, 0.2) is 0 Å². The number of aryl methyl sites for hydroxylation is 1. The quantitative estimate of drug-likeness (QED) is 0.891. The lowest BCUT2D eigenvalue weighted by molar-refractivity contribution is 0.460. The average molecular weight is 280 g/mol. The van der Waals surface area contributed by atoms with Crippen LogP contribution in [0.25, 0.3) is 0 Å². The van der Waals surface area contributed by atoms with Crippen molar-refractivity contribution in [3.63, 3.8) is 0 Å². The lowest BCUT2D eigenvalue weighted by Gasteiger charge is -2.15. The van der Waals surface area contributed by atoms with Crippen molar-refractivity contribution >= 4 is 11.6 Å². The third-order valence-corrected chi connectivity index (χ3v) is 3.25. The molecule has 19 heavy (non-hydrogen) atoms. The van der Waals surface area contributed by atoms with Gasteiger partial charge in [0, 0.05) is 16.6 Å². The topological polar surface area (TPSA) is 35.2 Å². The lowest BCUT2D eigenvalue weighted by Crippen LogP contribution is -2.09. The van der Waals surface area contributed by atoms with Crippen molar-refractivity contribution in [2.24, 2.45) is 5.73 Å². The van der Waals surface area contributed by atoms with E-state index < -0.39 is 6.04 Å². The van der Waals surface area contributed by atoms with Crippen molar-refractivity contribution in [3.8, 4) is 11.5 Å². The molecule has 0 aliphatic rings. The minimum absolute atomic E-state index is 0.363. The number of nitrogens with two attached hydrogens (primary N) is 1. The Balaban J connectivity index is 2.38. The summed E-state index contributed by atoms with van der Waals surface area (Å²) in [4.78, 5) is 0. The summed E-state index contributed by atoms with van der Waals surface area (Å²) in [6.45, 7) is 3.60. The smallest absolute Gasteiger partial charge is 0.135 e. The van der Waals surface area contributed by atoms with E-state index in [4.69, 9.17) is 22.1 Å². The minimum atomic E-state index is -0.440. The number of hydrogen-bond donors (Lipinski definition) is 1. The van der Waals surface area contributed by atoms with Crippen LogP contribution in [0.15, 0.2) is 36.4 Å². The highest BCUT2D eigenvalue weighted by Crippen LogP contribution is 2.32. The summed E-state index contributed by atoms with van der Waals surface area (Å²) in [5.41, 5.74) is 7.05. The van der Waals surface area contributed by atoms with E-state index in [1.165, 1.54) is 6.07 Å². The maximum Gasteiger partial charge on any atom is 0.135 e. The number of rotatable bonds is 3. The second-order valence-electron chi connectivity index (χ2n) is 4.45. The fourth-order valence-electron chi connectivity index (χ4n) is 1.86. The molecule has 0 aliphatic heterocycles. The summed E-state index contributed by atoms with van der Waals surface area (Å²) < 4.78 is 19.5. The number of ether oxygens (including phenoxy) is 1. The van der Waals surface area contributed by atoms with Crippen molar-refractivity contribution in [2.75, 3.05) is 0 Å². The molecule has 2 aromatic carbocycles.